The lowest BCUT2D eigenvalue weighted by Gasteiger charge is -2.28. The van der Waals surface area contributed by atoms with Crippen molar-refractivity contribution in [3.63, 3.8) is 0 Å². The van der Waals surface area contributed by atoms with Gasteiger partial charge in [0.1, 0.15) is 18.8 Å². The smallest absolute Gasteiger partial charge is 0.329 e. The van der Waals surface area contributed by atoms with Crippen LogP contribution in [0.15, 0.2) is 97.1 Å². The van der Waals surface area contributed by atoms with E-state index in [0.29, 0.717) is 0 Å². The number of carbonyl (C=O) groups is 3. The lowest BCUT2D eigenvalue weighted by Crippen LogP contribution is -2.53. The molecule has 42 heavy (non-hydrogen) atoms. The molecular formula is C34H37N3O5. The molecule has 4 aromatic carbocycles. The molecule has 0 fully saturated rings. The molecule has 0 aliphatic rings. The Morgan fingerprint density at radius 1 is 0.810 bits per heavy atom. The van der Waals surface area contributed by atoms with Gasteiger partial charge in [0.2, 0.25) is 5.91 Å². The Hall–Kier alpha value is -4.69. The Bertz CT molecular complexity index is 1500. The number of nitrogens with one attached hydrogen (secondary N) is 1. The molecule has 0 radical (unpaired) electrons. The predicted molar refractivity (Wildman–Crippen MR) is 163 cm³/mol. The second-order valence-electron chi connectivity index (χ2n) is 10.8. The third kappa shape index (κ3) is 8.41. The molecule has 3 amide bonds. The summed E-state index contributed by atoms with van der Waals surface area (Å²) in [6, 6.07) is 30.0. The molecule has 0 bridgehead atoms. The first-order valence-corrected chi connectivity index (χ1v) is 14.0. The second kappa shape index (κ2) is 14.3. The Kier molecular flexibility index (Phi) is 10.3. The maximum atomic E-state index is 13.3. The number of nitrogens with zero attached hydrogens (tertiary/aromatic N) is 1. The summed E-state index contributed by atoms with van der Waals surface area (Å²) in [4.78, 5) is 39.3. The van der Waals surface area contributed by atoms with Crippen LogP contribution in [0.2, 0.25) is 0 Å². The van der Waals surface area contributed by atoms with Crippen LogP contribution >= 0.6 is 0 Å². The summed E-state index contributed by atoms with van der Waals surface area (Å²) in [6.07, 6.45) is -1.34. The lowest BCUT2D eigenvalue weighted by atomic mass is 9.98. The Morgan fingerprint density at radius 3 is 2.12 bits per heavy atom. The van der Waals surface area contributed by atoms with Crippen molar-refractivity contribution in [2.24, 2.45) is 11.7 Å². The van der Waals surface area contributed by atoms with Crippen LogP contribution < -0.4 is 11.1 Å². The number of benzene rings is 4. The molecule has 218 valence electrons. The van der Waals surface area contributed by atoms with Crippen LogP contribution in [0.4, 0.5) is 4.79 Å². The van der Waals surface area contributed by atoms with E-state index in [1.807, 2.05) is 80.6 Å². The van der Waals surface area contributed by atoms with Gasteiger partial charge in [0.05, 0.1) is 6.54 Å². The molecule has 1 unspecified atom stereocenters. The van der Waals surface area contributed by atoms with Crippen LogP contribution in [0.25, 0.3) is 21.9 Å². The first-order valence-electron chi connectivity index (χ1n) is 14.0. The molecule has 0 aliphatic carbocycles. The fourth-order valence-corrected chi connectivity index (χ4v) is 4.68. The van der Waals surface area contributed by atoms with Gasteiger partial charge in [0.15, 0.2) is 0 Å². The molecule has 8 nitrogen and oxygen atoms in total. The van der Waals surface area contributed by atoms with E-state index in [4.69, 9.17) is 10.5 Å². The normalized spacial score (nSPS) is 12.5. The number of primary amides is 1. The zero-order chi connectivity index (χ0) is 30.1. The highest BCUT2D eigenvalue weighted by Gasteiger charge is 2.28. The van der Waals surface area contributed by atoms with Crippen LogP contribution in [0, 0.1) is 5.92 Å². The quantitative estimate of drug-likeness (QED) is 0.215. The van der Waals surface area contributed by atoms with Crippen molar-refractivity contribution in [1.29, 1.82) is 0 Å². The third-order valence-electron chi connectivity index (χ3n) is 6.88. The zero-order valence-corrected chi connectivity index (χ0v) is 23.9. The largest absolute Gasteiger partial charge is 0.459 e. The van der Waals surface area contributed by atoms with Gasteiger partial charge in [-0.15, -0.1) is 0 Å². The molecule has 0 aliphatic heterocycles. The number of rotatable bonds is 12. The van der Waals surface area contributed by atoms with E-state index in [2.05, 4.69) is 35.6 Å². The van der Waals surface area contributed by atoms with Crippen molar-refractivity contribution in [2.45, 2.75) is 39.0 Å². The first kappa shape index (κ1) is 30.3. The van der Waals surface area contributed by atoms with E-state index < -0.39 is 30.1 Å². The van der Waals surface area contributed by atoms with Gasteiger partial charge in [-0.2, -0.15) is 0 Å². The number of aliphatic hydroxyl groups is 1. The fraction of sp³-hybridized carbons (Fsp3) is 0.265. The van der Waals surface area contributed by atoms with Crippen molar-refractivity contribution in [1.82, 2.24) is 10.2 Å². The standard InChI is InChI=1S/C34H37N3O5/c1-23(2)20-37(21-31(38)32(35)39)34(41)36-30(33(40)42-22-25-8-4-3-5-9-25)18-24-12-14-27(15-13-24)29-17-16-26-10-6-7-11-28(26)19-29/h3-17,19,23,30-31,38H,18,20-22H2,1-2H3,(H2,35,39)(H,36,41)/t30-,31?/m0/s1. The number of amides is 3. The summed E-state index contributed by atoms with van der Waals surface area (Å²) in [7, 11) is 0. The maximum absolute atomic E-state index is 13.3. The number of nitrogens with two attached hydrogens (primary N) is 1. The van der Waals surface area contributed by atoms with Gasteiger partial charge in [-0.3, -0.25) is 4.79 Å². The summed E-state index contributed by atoms with van der Waals surface area (Å²) in [5.74, 6) is -1.48. The van der Waals surface area contributed by atoms with E-state index in [1.54, 1.807) is 0 Å². The highest BCUT2D eigenvalue weighted by atomic mass is 16.5. The molecule has 4 rings (SSSR count). The van der Waals surface area contributed by atoms with Gasteiger partial charge in [-0.25, -0.2) is 9.59 Å². The molecule has 0 saturated carbocycles. The molecular weight excluding hydrogens is 530 g/mol. The minimum atomic E-state index is -1.53. The average molecular weight is 568 g/mol. The van der Waals surface area contributed by atoms with Crippen molar-refractivity contribution >= 4 is 28.7 Å². The van der Waals surface area contributed by atoms with E-state index in [1.165, 1.54) is 10.3 Å². The topological polar surface area (TPSA) is 122 Å². The molecule has 4 N–H and O–H groups in total. The number of hydrogen-bond acceptors (Lipinski definition) is 5. The summed E-state index contributed by atoms with van der Waals surface area (Å²) in [5, 5.41) is 15.1. The predicted octanol–water partition coefficient (Wildman–Crippen LogP) is 4.68. The zero-order valence-electron chi connectivity index (χ0n) is 23.9. The van der Waals surface area contributed by atoms with E-state index in [9.17, 15) is 19.5 Å². The van der Waals surface area contributed by atoms with E-state index >= 15 is 0 Å². The van der Waals surface area contributed by atoms with Crippen LogP contribution in [0.3, 0.4) is 0 Å². The molecule has 0 spiro atoms. The number of hydrogen-bond donors (Lipinski definition) is 3. The molecule has 0 heterocycles. The lowest BCUT2D eigenvalue weighted by molar-refractivity contribution is -0.147. The Morgan fingerprint density at radius 2 is 1.45 bits per heavy atom. The number of urea groups is 1. The van der Waals surface area contributed by atoms with Crippen molar-refractivity contribution in [3.8, 4) is 11.1 Å². The summed E-state index contributed by atoms with van der Waals surface area (Å²) >= 11 is 0. The van der Waals surface area contributed by atoms with Crippen molar-refractivity contribution < 1.29 is 24.2 Å². The minimum Gasteiger partial charge on any atom is -0.459 e. The van der Waals surface area contributed by atoms with Crippen molar-refractivity contribution in [3.05, 3.63) is 108 Å². The summed E-state index contributed by atoms with van der Waals surface area (Å²) in [5.41, 5.74) is 8.97. The van der Waals surface area contributed by atoms with Crippen LogP contribution in [0.1, 0.15) is 25.0 Å². The Labute approximate surface area is 246 Å². The van der Waals surface area contributed by atoms with E-state index in [-0.39, 0.29) is 32.0 Å². The second-order valence-corrected chi connectivity index (χ2v) is 10.8. The first-order chi connectivity index (χ1) is 20.2. The summed E-state index contributed by atoms with van der Waals surface area (Å²) in [6.45, 7) is 3.83. The van der Waals surface area contributed by atoms with Gasteiger partial charge in [0.25, 0.3) is 0 Å². The average Bonchev–Trinajstić information content (AvgIpc) is 2.99. The van der Waals surface area contributed by atoms with Crippen LogP contribution in [-0.2, 0) is 27.4 Å². The SMILES string of the molecule is CC(C)CN(CC(O)C(N)=O)C(=O)N[C@@H](Cc1ccc(-c2ccc3ccccc3c2)cc1)C(=O)OCc1ccccc1. The van der Waals surface area contributed by atoms with Crippen LogP contribution in [0.5, 0.6) is 0 Å². The molecule has 0 saturated heterocycles. The number of fused-ring (bicyclic) bond motifs is 1. The highest BCUT2D eigenvalue weighted by molar-refractivity contribution is 5.87. The number of ether oxygens (including phenoxy) is 1. The number of esters is 1. The van der Waals surface area contributed by atoms with Gasteiger partial charge in [0, 0.05) is 13.0 Å². The Balaban J connectivity index is 1.52. The maximum Gasteiger partial charge on any atom is 0.329 e. The van der Waals surface area contributed by atoms with Gasteiger partial charge in [-0.1, -0.05) is 105 Å². The van der Waals surface area contributed by atoms with Gasteiger partial charge in [-0.05, 0) is 45.0 Å². The highest BCUT2D eigenvalue weighted by Crippen LogP contribution is 2.25. The fourth-order valence-electron chi connectivity index (χ4n) is 4.68. The van der Waals surface area contributed by atoms with Gasteiger partial charge >= 0.3 is 12.0 Å². The minimum absolute atomic E-state index is 0.0435. The monoisotopic (exact) mass is 567 g/mol. The molecule has 8 heteroatoms. The number of carbonyl (C=O) groups excluding carboxylic acids is 3. The molecule has 4 aromatic rings. The van der Waals surface area contributed by atoms with Gasteiger partial charge < -0.3 is 25.8 Å². The van der Waals surface area contributed by atoms with E-state index in [0.717, 1.165) is 27.6 Å². The van der Waals surface area contributed by atoms with Crippen molar-refractivity contribution in [2.75, 3.05) is 13.1 Å². The van der Waals surface area contributed by atoms with Crippen LogP contribution in [-0.4, -0.2) is 53.1 Å². The molecule has 2 atom stereocenters. The third-order valence-corrected chi connectivity index (χ3v) is 6.88. The summed E-state index contributed by atoms with van der Waals surface area (Å²) < 4.78 is 5.58. The molecule has 0 aromatic heterocycles. The number of aliphatic hydroxyl groups excluding tert-OH is 1.